The van der Waals surface area contributed by atoms with Gasteiger partial charge < -0.3 is 5.32 Å². The van der Waals surface area contributed by atoms with Crippen molar-refractivity contribution in [3.63, 3.8) is 0 Å². The molecule has 0 unspecified atom stereocenters. The van der Waals surface area contributed by atoms with E-state index in [0.29, 0.717) is 17.9 Å². The largest absolute Gasteiger partial charge is 0.347 e. The fraction of sp³-hybridized carbons (Fsp3) is 0.118. The number of carbonyl (C=O) groups excluding carboxylic acids is 1. The van der Waals surface area contributed by atoms with E-state index in [2.05, 4.69) is 47.5 Å². The smallest absolute Gasteiger partial charge is 0.274 e. The van der Waals surface area contributed by atoms with Gasteiger partial charge in [0.1, 0.15) is 0 Å². The zero-order valence-corrected chi connectivity index (χ0v) is 16.0. The van der Waals surface area contributed by atoms with Gasteiger partial charge in [0.15, 0.2) is 5.69 Å². The molecular formula is C17H14Br2N4O. The summed E-state index contributed by atoms with van der Waals surface area (Å²) in [6.45, 7) is 2.27. The minimum atomic E-state index is -0.237. The fourth-order valence-electron chi connectivity index (χ4n) is 2.23. The minimum absolute atomic E-state index is 0.237. The van der Waals surface area contributed by atoms with Crippen LogP contribution in [0, 0.1) is 6.92 Å². The fourth-order valence-corrected chi connectivity index (χ4v) is 2.76. The predicted molar refractivity (Wildman–Crippen MR) is 99.1 cm³/mol. The lowest BCUT2D eigenvalue weighted by atomic mass is 10.2. The zero-order chi connectivity index (χ0) is 17.1. The van der Waals surface area contributed by atoms with Gasteiger partial charge in [-0.1, -0.05) is 49.2 Å². The molecule has 0 saturated carbocycles. The Kier molecular flexibility index (Phi) is 5.11. The lowest BCUT2D eigenvalue weighted by molar-refractivity contribution is 0.0945. The van der Waals surface area contributed by atoms with Crippen LogP contribution in [0.15, 0.2) is 57.5 Å². The molecule has 122 valence electrons. The van der Waals surface area contributed by atoms with Crippen LogP contribution in [0.1, 0.15) is 21.7 Å². The molecule has 0 aliphatic carbocycles. The molecule has 1 amide bonds. The summed E-state index contributed by atoms with van der Waals surface area (Å²) in [6.07, 6.45) is 0. The Balaban J connectivity index is 1.74. The van der Waals surface area contributed by atoms with Crippen LogP contribution in [-0.2, 0) is 6.54 Å². The van der Waals surface area contributed by atoms with E-state index in [0.717, 1.165) is 20.2 Å². The van der Waals surface area contributed by atoms with Crippen molar-refractivity contribution in [2.75, 3.05) is 0 Å². The third-order valence-electron chi connectivity index (χ3n) is 3.55. The van der Waals surface area contributed by atoms with Gasteiger partial charge in [-0.3, -0.25) is 4.79 Å². The Morgan fingerprint density at radius 1 is 1.04 bits per heavy atom. The van der Waals surface area contributed by atoms with Gasteiger partial charge in [-0.25, -0.2) is 4.68 Å². The maximum Gasteiger partial charge on any atom is 0.274 e. The SMILES string of the molecule is Cc1c(C(=O)NCc2ccc(Br)cc2)nnn1-c1ccc(Br)cc1. The van der Waals surface area contributed by atoms with Crippen LogP contribution < -0.4 is 5.32 Å². The first kappa shape index (κ1) is 16.9. The van der Waals surface area contributed by atoms with E-state index in [1.807, 2.05) is 55.5 Å². The summed E-state index contributed by atoms with van der Waals surface area (Å²) in [6, 6.07) is 15.5. The highest BCUT2D eigenvalue weighted by atomic mass is 79.9. The number of hydrogen-bond acceptors (Lipinski definition) is 3. The maximum absolute atomic E-state index is 12.4. The molecule has 0 radical (unpaired) electrons. The Morgan fingerprint density at radius 2 is 1.62 bits per heavy atom. The molecule has 0 spiro atoms. The molecule has 0 aliphatic heterocycles. The van der Waals surface area contributed by atoms with E-state index in [1.54, 1.807) is 4.68 Å². The van der Waals surface area contributed by atoms with Crippen LogP contribution in [0.2, 0.25) is 0 Å². The molecule has 1 heterocycles. The lowest BCUT2D eigenvalue weighted by Crippen LogP contribution is -2.24. The van der Waals surface area contributed by atoms with Crippen molar-refractivity contribution in [3.05, 3.63) is 74.4 Å². The molecule has 24 heavy (non-hydrogen) atoms. The molecule has 7 heteroatoms. The summed E-state index contributed by atoms with van der Waals surface area (Å²) in [5.41, 5.74) is 2.90. The van der Waals surface area contributed by atoms with Gasteiger partial charge in [0.25, 0.3) is 5.91 Å². The van der Waals surface area contributed by atoms with Crippen LogP contribution in [0.4, 0.5) is 0 Å². The second-order valence-corrected chi connectivity index (χ2v) is 7.05. The number of carbonyl (C=O) groups is 1. The summed E-state index contributed by atoms with van der Waals surface area (Å²) in [7, 11) is 0. The van der Waals surface area contributed by atoms with Crippen molar-refractivity contribution in [2.24, 2.45) is 0 Å². The summed E-state index contributed by atoms with van der Waals surface area (Å²) in [5.74, 6) is -0.237. The molecule has 1 N–H and O–H groups in total. The average molecular weight is 450 g/mol. The Hall–Kier alpha value is -1.99. The van der Waals surface area contributed by atoms with Gasteiger partial charge in [0.2, 0.25) is 0 Å². The predicted octanol–water partition coefficient (Wildman–Crippen LogP) is 4.03. The van der Waals surface area contributed by atoms with Gasteiger partial charge in [-0.15, -0.1) is 5.10 Å². The van der Waals surface area contributed by atoms with Crippen molar-refractivity contribution in [3.8, 4) is 5.69 Å². The number of nitrogens with one attached hydrogen (secondary N) is 1. The number of halogens is 2. The Morgan fingerprint density at radius 3 is 2.25 bits per heavy atom. The van der Waals surface area contributed by atoms with Gasteiger partial charge in [0.05, 0.1) is 11.4 Å². The molecule has 2 aromatic carbocycles. The van der Waals surface area contributed by atoms with Crippen LogP contribution in [0.5, 0.6) is 0 Å². The highest BCUT2D eigenvalue weighted by Gasteiger charge is 2.17. The molecule has 0 aliphatic rings. The number of nitrogens with zero attached hydrogens (tertiary/aromatic N) is 3. The first-order chi connectivity index (χ1) is 11.5. The first-order valence-corrected chi connectivity index (χ1v) is 8.84. The third-order valence-corrected chi connectivity index (χ3v) is 4.60. The highest BCUT2D eigenvalue weighted by molar-refractivity contribution is 9.10. The van der Waals surface area contributed by atoms with Crippen LogP contribution in [-0.4, -0.2) is 20.9 Å². The standard InChI is InChI=1S/C17H14Br2N4O/c1-11-16(17(24)20-10-12-2-4-13(18)5-3-12)21-22-23(11)15-8-6-14(19)7-9-15/h2-9H,10H2,1H3,(H,20,24). The number of aromatic nitrogens is 3. The molecular weight excluding hydrogens is 436 g/mol. The summed E-state index contributed by atoms with van der Waals surface area (Å²) >= 11 is 6.79. The Labute approximate surface area is 156 Å². The highest BCUT2D eigenvalue weighted by Crippen LogP contribution is 2.16. The molecule has 0 bridgehead atoms. The number of amides is 1. The number of hydrogen-bond donors (Lipinski definition) is 1. The van der Waals surface area contributed by atoms with E-state index in [9.17, 15) is 4.79 Å². The second-order valence-electron chi connectivity index (χ2n) is 5.22. The van der Waals surface area contributed by atoms with Crippen molar-refractivity contribution < 1.29 is 4.79 Å². The summed E-state index contributed by atoms with van der Waals surface area (Å²) in [5, 5.41) is 11.0. The van der Waals surface area contributed by atoms with Crippen LogP contribution >= 0.6 is 31.9 Å². The topological polar surface area (TPSA) is 59.8 Å². The molecule has 1 aromatic heterocycles. The van der Waals surface area contributed by atoms with Crippen molar-refractivity contribution in [2.45, 2.75) is 13.5 Å². The first-order valence-electron chi connectivity index (χ1n) is 7.25. The molecule has 0 saturated heterocycles. The van der Waals surface area contributed by atoms with Crippen molar-refractivity contribution >= 4 is 37.8 Å². The minimum Gasteiger partial charge on any atom is -0.347 e. The van der Waals surface area contributed by atoms with Gasteiger partial charge in [0, 0.05) is 15.5 Å². The van der Waals surface area contributed by atoms with Gasteiger partial charge in [-0.05, 0) is 48.9 Å². The van der Waals surface area contributed by atoms with Crippen LogP contribution in [0.3, 0.4) is 0 Å². The van der Waals surface area contributed by atoms with E-state index in [4.69, 9.17) is 0 Å². The molecule has 5 nitrogen and oxygen atoms in total. The lowest BCUT2D eigenvalue weighted by Gasteiger charge is -2.05. The van der Waals surface area contributed by atoms with E-state index in [-0.39, 0.29) is 5.91 Å². The quantitative estimate of drug-likeness (QED) is 0.654. The van der Waals surface area contributed by atoms with Crippen LogP contribution in [0.25, 0.3) is 5.69 Å². The van der Waals surface area contributed by atoms with Gasteiger partial charge >= 0.3 is 0 Å². The average Bonchev–Trinajstić information content (AvgIpc) is 2.96. The molecule has 3 aromatic rings. The third kappa shape index (κ3) is 3.73. The molecule has 0 atom stereocenters. The Bertz CT molecular complexity index is 857. The second kappa shape index (κ2) is 7.27. The molecule has 0 fully saturated rings. The van der Waals surface area contributed by atoms with Gasteiger partial charge in [-0.2, -0.15) is 0 Å². The van der Waals surface area contributed by atoms with E-state index >= 15 is 0 Å². The zero-order valence-electron chi connectivity index (χ0n) is 12.8. The van der Waals surface area contributed by atoms with Crippen molar-refractivity contribution in [1.82, 2.24) is 20.3 Å². The normalized spacial score (nSPS) is 10.6. The maximum atomic E-state index is 12.4. The molecule has 3 rings (SSSR count). The summed E-state index contributed by atoms with van der Waals surface area (Å²) in [4.78, 5) is 12.4. The number of rotatable bonds is 4. The van der Waals surface area contributed by atoms with E-state index < -0.39 is 0 Å². The van der Waals surface area contributed by atoms with E-state index in [1.165, 1.54) is 0 Å². The van der Waals surface area contributed by atoms with Crippen molar-refractivity contribution in [1.29, 1.82) is 0 Å². The summed E-state index contributed by atoms with van der Waals surface area (Å²) < 4.78 is 3.64. The monoisotopic (exact) mass is 448 g/mol. The number of benzene rings is 2.